The average molecular weight is 148 g/mol. The molecule has 0 radical (unpaired) electrons. The van der Waals surface area contributed by atoms with Gasteiger partial charge in [0.15, 0.2) is 0 Å². The Bertz CT molecular complexity index is 56.0. The fraction of sp³-hybridized carbons (Fsp3) is 1.00. The van der Waals surface area contributed by atoms with Crippen LogP contribution in [0.4, 0.5) is 0 Å². The highest BCUT2D eigenvalue weighted by atomic mass is 32.4. The van der Waals surface area contributed by atoms with Gasteiger partial charge < -0.3 is 0 Å². The van der Waals surface area contributed by atoms with Crippen LogP contribution in [-0.4, -0.2) is 13.0 Å². The van der Waals surface area contributed by atoms with E-state index in [0.29, 0.717) is 0 Å². The number of rotatable bonds is 3. The first-order valence-electron chi connectivity index (χ1n) is 3.20. The van der Waals surface area contributed by atoms with Gasteiger partial charge in [-0.25, -0.2) is 0 Å². The molecule has 0 aromatic rings. The van der Waals surface area contributed by atoms with Gasteiger partial charge in [0, 0.05) is 0 Å². The van der Waals surface area contributed by atoms with Gasteiger partial charge in [0.25, 0.3) is 0 Å². The Morgan fingerprint density at radius 3 is 1.88 bits per heavy atom. The summed E-state index contributed by atoms with van der Waals surface area (Å²) in [5.74, 6) is 1.36. The summed E-state index contributed by atoms with van der Waals surface area (Å²) in [5, 5.41) is 0. The minimum absolute atomic E-state index is 0.762. The quantitative estimate of drug-likeness (QED) is 0.555. The largest absolute Gasteiger partial charge is 0.186 e. The van der Waals surface area contributed by atoms with Crippen molar-refractivity contribution in [3.63, 3.8) is 0 Å². The molecular formula is C6H16SSi. The Morgan fingerprint density at radius 1 is 1.25 bits per heavy atom. The first-order valence-corrected chi connectivity index (χ1v) is 8.41. The Balaban J connectivity index is 3.11. The van der Waals surface area contributed by atoms with E-state index in [1.54, 1.807) is 0 Å². The predicted molar refractivity (Wildman–Crippen MR) is 46.1 cm³/mol. The van der Waals surface area contributed by atoms with Crippen LogP contribution < -0.4 is 0 Å². The van der Waals surface area contributed by atoms with Gasteiger partial charge in [0.1, 0.15) is 7.22 Å². The Kier molecular flexibility index (Phi) is 3.82. The predicted octanol–water partition coefficient (Wildman–Crippen LogP) is 2.96. The maximum Gasteiger partial charge on any atom is 0.108 e. The summed E-state index contributed by atoms with van der Waals surface area (Å²) in [6, 6.07) is 0. The van der Waals surface area contributed by atoms with Gasteiger partial charge in [-0.05, 0) is 12.2 Å². The zero-order chi connectivity index (χ0) is 6.62. The van der Waals surface area contributed by atoms with E-state index < -0.39 is 7.22 Å². The summed E-state index contributed by atoms with van der Waals surface area (Å²) in [4.78, 5) is 0. The molecule has 0 aliphatic rings. The second-order valence-corrected chi connectivity index (χ2v) is 12.4. The van der Waals surface area contributed by atoms with Crippen molar-refractivity contribution in [3.8, 4) is 0 Å². The standard InChI is InChI=1S/C6H16SSi/c1-5-6-7-8(2,3)4/h5-6H2,1-4H3. The summed E-state index contributed by atoms with van der Waals surface area (Å²) in [6.45, 7) is 9.43. The van der Waals surface area contributed by atoms with Crippen LogP contribution in [0.1, 0.15) is 13.3 Å². The minimum atomic E-state index is -0.762. The van der Waals surface area contributed by atoms with Crippen molar-refractivity contribution in [3.05, 3.63) is 0 Å². The van der Waals surface area contributed by atoms with Gasteiger partial charge in [-0.1, -0.05) is 26.6 Å². The normalized spacial score (nSPS) is 12.0. The molecule has 0 amide bonds. The fourth-order valence-corrected chi connectivity index (χ4v) is 3.67. The third-order valence-corrected chi connectivity index (χ3v) is 5.43. The topological polar surface area (TPSA) is 0 Å². The highest BCUT2D eigenvalue weighted by Crippen LogP contribution is 2.19. The van der Waals surface area contributed by atoms with E-state index in [2.05, 4.69) is 37.8 Å². The summed E-state index contributed by atoms with van der Waals surface area (Å²) in [7, 11) is -0.762. The molecular weight excluding hydrogens is 132 g/mol. The lowest BCUT2D eigenvalue weighted by Gasteiger charge is -2.13. The van der Waals surface area contributed by atoms with Gasteiger partial charge in [-0.15, -0.1) is 0 Å². The maximum absolute atomic E-state index is 2.40. The van der Waals surface area contributed by atoms with Gasteiger partial charge in [0.05, 0.1) is 0 Å². The van der Waals surface area contributed by atoms with Crippen molar-refractivity contribution in [2.24, 2.45) is 0 Å². The number of hydrogen-bond donors (Lipinski definition) is 0. The molecule has 0 atom stereocenters. The molecule has 0 saturated carbocycles. The Morgan fingerprint density at radius 2 is 1.75 bits per heavy atom. The highest BCUT2D eigenvalue weighted by molar-refractivity contribution is 8.28. The van der Waals surface area contributed by atoms with E-state index in [4.69, 9.17) is 0 Å². The lowest BCUT2D eigenvalue weighted by atomic mass is 10.6. The fourth-order valence-electron chi connectivity index (χ4n) is 0.408. The van der Waals surface area contributed by atoms with Crippen molar-refractivity contribution in [2.75, 3.05) is 5.75 Å². The van der Waals surface area contributed by atoms with Crippen molar-refractivity contribution >= 4 is 18.4 Å². The molecule has 50 valence electrons. The zero-order valence-corrected chi connectivity index (χ0v) is 8.14. The highest BCUT2D eigenvalue weighted by Gasteiger charge is 2.11. The third-order valence-electron chi connectivity index (χ3n) is 0.739. The Hall–Kier alpha value is 0.567. The molecule has 0 fully saturated rings. The summed E-state index contributed by atoms with van der Waals surface area (Å²) in [6.07, 6.45) is 1.33. The molecule has 0 unspecified atom stereocenters. The third kappa shape index (κ3) is 6.57. The summed E-state index contributed by atoms with van der Waals surface area (Å²) >= 11 is 2.17. The summed E-state index contributed by atoms with van der Waals surface area (Å²) in [5.41, 5.74) is 0. The smallest absolute Gasteiger partial charge is 0.108 e. The maximum atomic E-state index is 2.40. The van der Waals surface area contributed by atoms with Gasteiger partial charge in [0.2, 0.25) is 0 Å². The summed E-state index contributed by atoms with van der Waals surface area (Å²) < 4.78 is 0. The van der Waals surface area contributed by atoms with Crippen LogP contribution in [0.2, 0.25) is 19.6 Å². The van der Waals surface area contributed by atoms with Crippen LogP contribution in [0.15, 0.2) is 0 Å². The second kappa shape index (κ2) is 3.57. The molecule has 0 rings (SSSR count). The van der Waals surface area contributed by atoms with Crippen LogP contribution in [0.5, 0.6) is 0 Å². The van der Waals surface area contributed by atoms with Crippen molar-refractivity contribution in [2.45, 2.75) is 33.0 Å². The SMILES string of the molecule is CCCS[Si](C)(C)C. The van der Waals surface area contributed by atoms with Gasteiger partial charge in [-0.3, -0.25) is 0 Å². The van der Waals surface area contributed by atoms with Crippen LogP contribution in [-0.2, 0) is 0 Å². The van der Waals surface area contributed by atoms with Crippen LogP contribution in [0.3, 0.4) is 0 Å². The van der Waals surface area contributed by atoms with Crippen molar-refractivity contribution in [1.82, 2.24) is 0 Å². The lowest BCUT2D eigenvalue weighted by Crippen LogP contribution is -2.14. The molecule has 0 aliphatic carbocycles. The first-order chi connectivity index (χ1) is 3.56. The molecule has 0 nitrogen and oxygen atoms in total. The molecule has 0 aliphatic heterocycles. The molecule has 0 N–H and O–H groups in total. The van der Waals surface area contributed by atoms with E-state index in [1.807, 2.05) is 0 Å². The van der Waals surface area contributed by atoms with Crippen LogP contribution >= 0.6 is 11.2 Å². The minimum Gasteiger partial charge on any atom is -0.186 e. The molecule has 0 spiro atoms. The zero-order valence-electron chi connectivity index (χ0n) is 6.32. The van der Waals surface area contributed by atoms with Crippen molar-refractivity contribution < 1.29 is 0 Å². The van der Waals surface area contributed by atoms with E-state index in [1.165, 1.54) is 12.2 Å². The van der Waals surface area contributed by atoms with Crippen LogP contribution in [0, 0.1) is 0 Å². The van der Waals surface area contributed by atoms with Gasteiger partial charge in [-0.2, -0.15) is 11.2 Å². The Labute approximate surface area is 57.7 Å². The van der Waals surface area contributed by atoms with Crippen LogP contribution in [0.25, 0.3) is 0 Å². The van der Waals surface area contributed by atoms with E-state index in [-0.39, 0.29) is 0 Å². The van der Waals surface area contributed by atoms with E-state index >= 15 is 0 Å². The molecule has 0 saturated heterocycles. The first kappa shape index (κ1) is 8.57. The molecule has 0 bridgehead atoms. The molecule has 0 heterocycles. The molecule has 0 aromatic carbocycles. The monoisotopic (exact) mass is 148 g/mol. The molecule has 2 heteroatoms. The van der Waals surface area contributed by atoms with Gasteiger partial charge >= 0.3 is 0 Å². The molecule has 8 heavy (non-hydrogen) atoms. The molecule has 0 aromatic heterocycles. The average Bonchev–Trinajstić information content (AvgIpc) is 1.59. The second-order valence-electron chi connectivity index (χ2n) is 2.96. The van der Waals surface area contributed by atoms with E-state index in [0.717, 1.165) is 0 Å². The lowest BCUT2D eigenvalue weighted by molar-refractivity contribution is 1.11. The van der Waals surface area contributed by atoms with E-state index in [9.17, 15) is 0 Å². The van der Waals surface area contributed by atoms with Crippen molar-refractivity contribution in [1.29, 1.82) is 0 Å². The number of hydrogen-bond acceptors (Lipinski definition) is 1.